The van der Waals surface area contributed by atoms with Crippen molar-refractivity contribution in [3.63, 3.8) is 0 Å². The number of nitrogens with zero attached hydrogens (tertiary/aromatic N) is 2. The Kier molecular flexibility index (Phi) is 6.38. The standard InChI is InChI=1S/C12H26N4O3S/c1-10(2)7-11(9-13)8-12(17)15-3-5-16(6-4-15)20(14,18)19/h10-11H,3-9,13H2,1-2H3,(H2,14,18,19)/t11-/m0/s1. The predicted octanol–water partition coefficient (Wildman–Crippen LogP) is -0.655. The van der Waals surface area contributed by atoms with Crippen LogP contribution in [0.25, 0.3) is 0 Å². The number of piperazine rings is 1. The molecule has 0 bridgehead atoms. The highest BCUT2D eigenvalue weighted by Crippen LogP contribution is 2.16. The Hall–Kier alpha value is -0.700. The van der Waals surface area contributed by atoms with E-state index in [0.717, 1.165) is 6.42 Å². The van der Waals surface area contributed by atoms with Crippen LogP contribution in [-0.4, -0.2) is 56.3 Å². The van der Waals surface area contributed by atoms with Crippen LogP contribution in [0.2, 0.25) is 0 Å². The molecule has 0 aliphatic carbocycles. The van der Waals surface area contributed by atoms with Gasteiger partial charge in [-0.1, -0.05) is 13.8 Å². The van der Waals surface area contributed by atoms with Gasteiger partial charge in [0.05, 0.1) is 0 Å². The predicted molar refractivity (Wildman–Crippen MR) is 77.9 cm³/mol. The van der Waals surface area contributed by atoms with E-state index >= 15 is 0 Å². The molecule has 4 N–H and O–H groups in total. The van der Waals surface area contributed by atoms with E-state index in [-0.39, 0.29) is 24.9 Å². The molecule has 8 heteroatoms. The van der Waals surface area contributed by atoms with Gasteiger partial charge in [0, 0.05) is 32.6 Å². The second-order valence-corrected chi connectivity index (χ2v) is 7.31. The first kappa shape index (κ1) is 17.4. The Morgan fingerprint density at radius 1 is 1.20 bits per heavy atom. The van der Waals surface area contributed by atoms with Crippen molar-refractivity contribution in [2.24, 2.45) is 22.7 Å². The summed E-state index contributed by atoms with van der Waals surface area (Å²) in [7, 11) is -3.64. The highest BCUT2D eigenvalue weighted by molar-refractivity contribution is 7.86. The van der Waals surface area contributed by atoms with Crippen LogP contribution in [0.4, 0.5) is 0 Å². The van der Waals surface area contributed by atoms with Crippen molar-refractivity contribution in [3.05, 3.63) is 0 Å². The number of hydrogen-bond acceptors (Lipinski definition) is 4. The molecule has 0 radical (unpaired) electrons. The molecule has 0 aromatic rings. The van der Waals surface area contributed by atoms with Gasteiger partial charge in [-0.3, -0.25) is 4.79 Å². The van der Waals surface area contributed by atoms with Crippen LogP contribution in [0.15, 0.2) is 0 Å². The maximum absolute atomic E-state index is 12.2. The molecular weight excluding hydrogens is 280 g/mol. The Morgan fingerprint density at radius 2 is 1.75 bits per heavy atom. The van der Waals surface area contributed by atoms with Gasteiger partial charge < -0.3 is 10.6 Å². The summed E-state index contributed by atoms with van der Waals surface area (Å²) in [4.78, 5) is 13.9. The normalized spacial score (nSPS) is 19.4. The number of carbonyl (C=O) groups excluding carboxylic acids is 1. The third-order valence-electron chi connectivity index (χ3n) is 3.55. The fraction of sp³-hybridized carbons (Fsp3) is 0.917. The molecule has 0 unspecified atom stereocenters. The van der Waals surface area contributed by atoms with Crippen LogP contribution in [0.1, 0.15) is 26.7 Å². The van der Waals surface area contributed by atoms with Crippen molar-refractivity contribution in [2.75, 3.05) is 32.7 Å². The minimum absolute atomic E-state index is 0.0511. The Morgan fingerprint density at radius 3 is 2.15 bits per heavy atom. The van der Waals surface area contributed by atoms with Crippen LogP contribution in [0, 0.1) is 11.8 Å². The lowest BCUT2D eigenvalue weighted by molar-refractivity contribution is -0.133. The molecule has 20 heavy (non-hydrogen) atoms. The zero-order chi connectivity index (χ0) is 15.3. The van der Waals surface area contributed by atoms with Gasteiger partial charge >= 0.3 is 0 Å². The van der Waals surface area contributed by atoms with Crippen molar-refractivity contribution in [2.45, 2.75) is 26.7 Å². The minimum Gasteiger partial charge on any atom is -0.340 e. The number of amides is 1. The smallest absolute Gasteiger partial charge is 0.277 e. The molecule has 0 aromatic heterocycles. The summed E-state index contributed by atoms with van der Waals surface area (Å²) < 4.78 is 23.6. The van der Waals surface area contributed by atoms with Crippen LogP contribution in [-0.2, 0) is 15.0 Å². The van der Waals surface area contributed by atoms with Gasteiger partial charge in [-0.15, -0.1) is 0 Å². The summed E-state index contributed by atoms with van der Waals surface area (Å²) in [6.45, 7) is 6.05. The SMILES string of the molecule is CC(C)C[C@H](CN)CC(=O)N1CCN(S(N)(=O)=O)CC1. The van der Waals surface area contributed by atoms with E-state index in [9.17, 15) is 13.2 Å². The van der Waals surface area contributed by atoms with Crippen molar-refractivity contribution >= 4 is 16.1 Å². The summed E-state index contributed by atoms with van der Waals surface area (Å²) >= 11 is 0. The van der Waals surface area contributed by atoms with Crippen molar-refractivity contribution < 1.29 is 13.2 Å². The summed E-state index contributed by atoms with van der Waals surface area (Å²) in [5.41, 5.74) is 5.70. The Bertz CT molecular complexity index is 416. The zero-order valence-electron chi connectivity index (χ0n) is 12.3. The monoisotopic (exact) mass is 306 g/mol. The summed E-state index contributed by atoms with van der Waals surface area (Å²) in [6, 6.07) is 0. The van der Waals surface area contributed by atoms with Gasteiger partial charge in [0.1, 0.15) is 0 Å². The molecule has 1 aliphatic heterocycles. The summed E-state index contributed by atoms with van der Waals surface area (Å²) in [5.74, 6) is 0.754. The number of rotatable bonds is 6. The van der Waals surface area contributed by atoms with E-state index in [1.54, 1.807) is 4.90 Å². The maximum Gasteiger partial charge on any atom is 0.277 e. The van der Waals surface area contributed by atoms with E-state index in [1.165, 1.54) is 4.31 Å². The molecule has 0 saturated carbocycles. The quantitative estimate of drug-likeness (QED) is 0.679. The van der Waals surface area contributed by atoms with Gasteiger partial charge in [-0.2, -0.15) is 12.7 Å². The first-order valence-corrected chi connectivity index (χ1v) is 8.50. The van der Waals surface area contributed by atoms with Gasteiger partial charge in [-0.25, -0.2) is 5.14 Å². The first-order chi connectivity index (χ1) is 9.24. The molecule has 1 rings (SSSR count). The third kappa shape index (κ3) is 5.35. The molecule has 1 heterocycles. The van der Waals surface area contributed by atoms with Gasteiger partial charge in [0.15, 0.2) is 0 Å². The largest absolute Gasteiger partial charge is 0.340 e. The topological polar surface area (TPSA) is 110 Å². The lowest BCUT2D eigenvalue weighted by Crippen LogP contribution is -2.52. The fourth-order valence-electron chi connectivity index (χ4n) is 2.50. The average Bonchev–Trinajstić information content (AvgIpc) is 2.36. The molecule has 1 saturated heterocycles. The van der Waals surface area contributed by atoms with E-state index in [2.05, 4.69) is 13.8 Å². The van der Waals surface area contributed by atoms with E-state index < -0.39 is 10.2 Å². The minimum atomic E-state index is -3.64. The van der Waals surface area contributed by atoms with Gasteiger partial charge in [0.2, 0.25) is 5.91 Å². The van der Waals surface area contributed by atoms with E-state index in [0.29, 0.717) is 32.0 Å². The number of hydrogen-bond donors (Lipinski definition) is 2. The van der Waals surface area contributed by atoms with Gasteiger partial charge in [-0.05, 0) is 24.8 Å². The first-order valence-electron chi connectivity index (χ1n) is 6.99. The molecular formula is C12H26N4O3S. The van der Waals surface area contributed by atoms with Crippen LogP contribution in [0.5, 0.6) is 0 Å². The van der Waals surface area contributed by atoms with Crippen LogP contribution < -0.4 is 10.9 Å². The molecule has 1 atom stereocenters. The fourth-order valence-corrected chi connectivity index (χ4v) is 3.17. The van der Waals surface area contributed by atoms with Gasteiger partial charge in [0.25, 0.3) is 10.2 Å². The van der Waals surface area contributed by atoms with E-state index in [1.807, 2.05) is 0 Å². The lowest BCUT2D eigenvalue weighted by atomic mass is 9.93. The highest BCUT2D eigenvalue weighted by atomic mass is 32.2. The van der Waals surface area contributed by atoms with Crippen molar-refractivity contribution in [1.82, 2.24) is 9.21 Å². The molecule has 0 spiro atoms. The Labute approximate surface area is 121 Å². The molecule has 7 nitrogen and oxygen atoms in total. The average molecular weight is 306 g/mol. The van der Waals surface area contributed by atoms with Crippen molar-refractivity contribution in [3.8, 4) is 0 Å². The number of carbonyl (C=O) groups is 1. The zero-order valence-corrected chi connectivity index (χ0v) is 13.1. The lowest BCUT2D eigenvalue weighted by Gasteiger charge is -2.33. The highest BCUT2D eigenvalue weighted by Gasteiger charge is 2.27. The molecule has 1 aliphatic rings. The maximum atomic E-state index is 12.2. The molecule has 1 fully saturated rings. The van der Waals surface area contributed by atoms with E-state index in [4.69, 9.17) is 10.9 Å². The summed E-state index contributed by atoms with van der Waals surface area (Å²) in [6.07, 6.45) is 1.36. The molecule has 118 valence electrons. The van der Waals surface area contributed by atoms with Crippen LogP contribution in [0.3, 0.4) is 0 Å². The third-order valence-corrected chi connectivity index (χ3v) is 4.64. The second-order valence-electron chi connectivity index (χ2n) is 5.76. The molecule has 0 aromatic carbocycles. The number of nitrogens with two attached hydrogens (primary N) is 2. The van der Waals surface area contributed by atoms with Crippen LogP contribution >= 0.6 is 0 Å². The second kappa shape index (κ2) is 7.35. The molecule has 1 amide bonds. The Balaban J connectivity index is 2.46. The summed E-state index contributed by atoms with van der Waals surface area (Å²) in [5, 5.41) is 5.07. The van der Waals surface area contributed by atoms with Crippen molar-refractivity contribution in [1.29, 1.82) is 0 Å².